The van der Waals surface area contributed by atoms with Crippen molar-refractivity contribution in [1.29, 1.82) is 0 Å². The Balaban J connectivity index is 1.78. The summed E-state index contributed by atoms with van der Waals surface area (Å²) in [6, 6.07) is 12.5. The third-order valence-electron chi connectivity index (χ3n) is 4.96. The lowest BCUT2D eigenvalue weighted by Crippen LogP contribution is -2.30. The first-order valence-electron chi connectivity index (χ1n) is 8.89. The second-order valence-electron chi connectivity index (χ2n) is 6.93. The highest BCUT2D eigenvalue weighted by Crippen LogP contribution is 2.31. The Hall–Kier alpha value is -1.89. The number of nitrogens with one attached hydrogen (secondary N) is 1. The molecule has 0 bridgehead atoms. The van der Waals surface area contributed by atoms with Gasteiger partial charge in [0.1, 0.15) is 0 Å². The summed E-state index contributed by atoms with van der Waals surface area (Å²) in [5.41, 5.74) is 2.78. The van der Waals surface area contributed by atoms with Crippen molar-refractivity contribution < 1.29 is 13.2 Å². The maximum Gasteiger partial charge on any atom is 0.252 e. The number of carbonyl (C=O) groups excluding carboxylic acids is 1. The summed E-state index contributed by atoms with van der Waals surface area (Å²) in [7, 11) is -0.733. The fourth-order valence-electron chi connectivity index (χ4n) is 3.43. The van der Waals surface area contributed by atoms with Gasteiger partial charge < -0.3 is 5.32 Å². The molecule has 5 nitrogen and oxygen atoms in total. The molecule has 0 aliphatic heterocycles. The van der Waals surface area contributed by atoms with Crippen LogP contribution in [0.5, 0.6) is 0 Å². The van der Waals surface area contributed by atoms with Crippen LogP contribution in [0.25, 0.3) is 0 Å². The van der Waals surface area contributed by atoms with Crippen molar-refractivity contribution in [2.75, 3.05) is 20.6 Å². The summed E-state index contributed by atoms with van der Waals surface area (Å²) < 4.78 is 25.7. The number of carbonyl (C=O) groups is 1. The monoisotopic (exact) mass is 406 g/mol. The molecule has 1 aliphatic carbocycles. The number of rotatable bonds is 5. The lowest BCUT2D eigenvalue weighted by atomic mass is 9.83. The second-order valence-corrected chi connectivity index (χ2v) is 9.49. The number of hydrogen-bond donors (Lipinski definition) is 1. The van der Waals surface area contributed by atoms with Crippen molar-refractivity contribution in [3.8, 4) is 0 Å². The Morgan fingerprint density at radius 2 is 1.96 bits per heavy atom. The average molecular weight is 407 g/mol. The molecule has 3 rings (SSSR count). The summed E-state index contributed by atoms with van der Waals surface area (Å²) in [6.45, 7) is 0.497. The van der Waals surface area contributed by atoms with E-state index in [4.69, 9.17) is 11.6 Å². The number of benzene rings is 2. The molecule has 0 heterocycles. The van der Waals surface area contributed by atoms with Crippen LogP contribution in [0.2, 0.25) is 5.02 Å². The molecule has 1 aliphatic rings. The number of fused-ring (bicyclic) bond motifs is 1. The molecule has 0 aromatic heterocycles. The molecule has 0 unspecified atom stereocenters. The topological polar surface area (TPSA) is 66.5 Å². The van der Waals surface area contributed by atoms with Crippen molar-refractivity contribution >= 4 is 27.5 Å². The van der Waals surface area contributed by atoms with Crippen LogP contribution in [0.4, 0.5) is 0 Å². The molecule has 1 atom stereocenters. The van der Waals surface area contributed by atoms with Gasteiger partial charge in [0.2, 0.25) is 10.0 Å². The number of nitrogens with zero attached hydrogens (tertiary/aromatic N) is 1. The van der Waals surface area contributed by atoms with Crippen LogP contribution in [0.1, 0.15) is 40.2 Å². The first-order valence-corrected chi connectivity index (χ1v) is 10.7. The fourth-order valence-corrected chi connectivity index (χ4v) is 4.56. The van der Waals surface area contributed by atoms with E-state index in [2.05, 4.69) is 17.4 Å². The molecule has 0 spiro atoms. The molecule has 0 radical (unpaired) electrons. The predicted octanol–water partition coefficient (Wildman–Crippen LogP) is 3.44. The lowest BCUT2D eigenvalue weighted by Gasteiger charge is -2.25. The van der Waals surface area contributed by atoms with E-state index in [1.165, 1.54) is 43.4 Å². The molecule has 1 N–H and O–H groups in total. The zero-order valence-electron chi connectivity index (χ0n) is 15.4. The van der Waals surface area contributed by atoms with E-state index in [-0.39, 0.29) is 27.3 Å². The van der Waals surface area contributed by atoms with Crippen molar-refractivity contribution in [1.82, 2.24) is 9.62 Å². The van der Waals surface area contributed by atoms with Gasteiger partial charge in [-0.15, -0.1) is 0 Å². The van der Waals surface area contributed by atoms with E-state index < -0.39 is 10.0 Å². The normalized spacial score (nSPS) is 16.8. The smallest absolute Gasteiger partial charge is 0.252 e. The minimum atomic E-state index is -3.63. The molecule has 27 heavy (non-hydrogen) atoms. The van der Waals surface area contributed by atoms with Gasteiger partial charge >= 0.3 is 0 Å². The highest BCUT2D eigenvalue weighted by Gasteiger charge is 2.23. The maximum absolute atomic E-state index is 12.7. The van der Waals surface area contributed by atoms with E-state index in [9.17, 15) is 13.2 Å². The molecule has 0 saturated carbocycles. The first kappa shape index (κ1) is 19.9. The van der Waals surface area contributed by atoms with Gasteiger partial charge in [0.15, 0.2) is 0 Å². The number of halogens is 1. The van der Waals surface area contributed by atoms with E-state index >= 15 is 0 Å². The minimum absolute atomic E-state index is 0.0464. The second kappa shape index (κ2) is 8.00. The van der Waals surface area contributed by atoms with E-state index in [1.54, 1.807) is 0 Å². The predicted molar refractivity (Wildman–Crippen MR) is 107 cm³/mol. The Morgan fingerprint density at radius 3 is 2.70 bits per heavy atom. The zero-order chi connectivity index (χ0) is 19.6. The van der Waals surface area contributed by atoms with Gasteiger partial charge in [-0.05, 0) is 48.6 Å². The van der Waals surface area contributed by atoms with Crippen molar-refractivity contribution in [3.63, 3.8) is 0 Å². The Labute approximate surface area is 165 Å². The molecular weight excluding hydrogens is 384 g/mol. The van der Waals surface area contributed by atoms with Crippen molar-refractivity contribution in [2.24, 2.45) is 0 Å². The number of aryl methyl sites for hydroxylation is 1. The van der Waals surface area contributed by atoms with E-state index in [0.29, 0.717) is 6.54 Å². The standard InChI is InChI=1S/C20H23ClN2O3S/c1-23(2)27(25,26)16-10-11-19(21)18(12-16)20(24)22-13-15-8-5-7-14-6-3-4-9-17(14)15/h3-4,6,9-12,15H,5,7-8,13H2,1-2H3,(H,22,24)/t15-/m1/s1. The third-order valence-corrected chi connectivity index (χ3v) is 7.10. The lowest BCUT2D eigenvalue weighted by molar-refractivity contribution is 0.0950. The molecule has 7 heteroatoms. The van der Waals surface area contributed by atoms with Crippen LogP contribution in [-0.2, 0) is 16.4 Å². The highest BCUT2D eigenvalue weighted by atomic mass is 35.5. The fraction of sp³-hybridized carbons (Fsp3) is 0.350. The van der Waals surface area contributed by atoms with E-state index in [1.807, 2.05) is 12.1 Å². The summed E-state index contributed by atoms with van der Waals surface area (Å²) in [5, 5.41) is 3.16. The molecule has 144 valence electrons. The van der Waals surface area contributed by atoms with Gasteiger partial charge in [0.05, 0.1) is 15.5 Å². The van der Waals surface area contributed by atoms with Crippen LogP contribution < -0.4 is 5.32 Å². The quantitative estimate of drug-likeness (QED) is 0.827. The molecule has 1 amide bonds. The molecular formula is C20H23ClN2O3S. The van der Waals surface area contributed by atoms with Gasteiger partial charge in [-0.25, -0.2) is 12.7 Å². The maximum atomic E-state index is 12.7. The van der Waals surface area contributed by atoms with Crippen LogP contribution in [0, 0.1) is 0 Å². The molecule has 0 saturated heterocycles. The summed E-state index contributed by atoms with van der Waals surface area (Å²) in [6.07, 6.45) is 3.17. The Kier molecular flexibility index (Phi) is 5.89. The van der Waals surface area contributed by atoms with Crippen LogP contribution in [0.3, 0.4) is 0 Å². The first-order chi connectivity index (χ1) is 12.8. The van der Waals surface area contributed by atoms with E-state index in [0.717, 1.165) is 23.6 Å². The van der Waals surface area contributed by atoms with Gasteiger partial charge in [-0.3, -0.25) is 4.79 Å². The largest absolute Gasteiger partial charge is 0.351 e. The van der Waals surface area contributed by atoms with Gasteiger partial charge in [-0.1, -0.05) is 35.9 Å². The number of sulfonamides is 1. The van der Waals surface area contributed by atoms with Gasteiger partial charge in [0.25, 0.3) is 5.91 Å². The summed E-state index contributed by atoms with van der Waals surface area (Å²) in [4.78, 5) is 12.7. The van der Waals surface area contributed by atoms with Gasteiger partial charge in [-0.2, -0.15) is 0 Å². The minimum Gasteiger partial charge on any atom is -0.351 e. The van der Waals surface area contributed by atoms with Crippen LogP contribution in [0.15, 0.2) is 47.4 Å². The zero-order valence-corrected chi connectivity index (χ0v) is 17.0. The molecule has 2 aromatic carbocycles. The summed E-state index contributed by atoms with van der Waals surface area (Å²) >= 11 is 6.15. The highest BCUT2D eigenvalue weighted by molar-refractivity contribution is 7.89. The number of hydrogen-bond acceptors (Lipinski definition) is 3. The van der Waals surface area contributed by atoms with Crippen molar-refractivity contribution in [3.05, 3.63) is 64.2 Å². The van der Waals surface area contributed by atoms with Gasteiger partial charge in [0, 0.05) is 26.6 Å². The Bertz CT molecular complexity index is 957. The van der Waals surface area contributed by atoms with Crippen LogP contribution in [-0.4, -0.2) is 39.3 Å². The van der Waals surface area contributed by atoms with Crippen molar-refractivity contribution in [2.45, 2.75) is 30.1 Å². The summed E-state index contributed by atoms with van der Waals surface area (Å²) in [5.74, 6) is -0.106. The molecule has 0 fully saturated rings. The SMILES string of the molecule is CN(C)S(=O)(=O)c1ccc(Cl)c(C(=O)NC[C@H]2CCCc3ccccc32)c1. The average Bonchev–Trinajstić information content (AvgIpc) is 2.66. The third kappa shape index (κ3) is 4.18. The number of amides is 1. The Morgan fingerprint density at radius 1 is 1.22 bits per heavy atom. The molecule has 2 aromatic rings. The van der Waals surface area contributed by atoms with Crippen LogP contribution >= 0.6 is 11.6 Å².